The van der Waals surface area contributed by atoms with E-state index in [2.05, 4.69) is 10.3 Å². The van der Waals surface area contributed by atoms with E-state index in [4.69, 9.17) is 15.2 Å². The molecule has 0 bridgehead atoms. The maximum Gasteiger partial charge on any atom is 0.238 e. The number of pyridine rings is 1. The minimum atomic E-state index is 0.343. The summed E-state index contributed by atoms with van der Waals surface area (Å²) in [5.74, 6) is 2.02. The fraction of sp³-hybridized carbons (Fsp3) is 0.615. The van der Waals surface area contributed by atoms with Crippen molar-refractivity contribution in [3.8, 4) is 5.88 Å². The third kappa shape index (κ3) is 2.22. The Morgan fingerprint density at radius 1 is 1.39 bits per heavy atom. The number of hydrogen-bond donors (Lipinski definition) is 2. The van der Waals surface area contributed by atoms with Gasteiger partial charge in [-0.15, -0.1) is 0 Å². The van der Waals surface area contributed by atoms with Gasteiger partial charge in [0.05, 0.1) is 24.9 Å². The predicted octanol–water partition coefficient (Wildman–Crippen LogP) is 1.65. The van der Waals surface area contributed by atoms with E-state index in [1.807, 2.05) is 12.1 Å². The SMILES string of the molecule is COc1nc(NC2CCOC2C2CC2)ccc1N. The standard InChI is InChI=1S/C13H19N3O2/c1-17-13-9(14)4-5-11(16-13)15-10-6-7-18-12(10)8-2-3-8/h4-5,8,10,12H,2-3,6-7,14H2,1H3,(H,15,16). The Bertz CT molecular complexity index is 434. The molecular formula is C13H19N3O2. The molecule has 5 heteroatoms. The summed E-state index contributed by atoms with van der Waals surface area (Å²) < 4.78 is 10.9. The van der Waals surface area contributed by atoms with Crippen LogP contribution in [0.2, 0.25) is 0 Å². The van der Waals surface area contributed by atoms with Crippen LogP contribution in [0, 0.1) is 5.92 Å². The lowest BCUT2D eigenvalue weighted by atomic mass is 10.1. The summed E-state index contributed by atoms with van der Waals surface area (Å²) in [5.41, 5.74) is 6.31. The molecule has 1 saturated carbocycles. The molecule has 98 valence electrons. The van der Waals surface area contributed by atoms with E-state index < -0.39 is 0 Å². The molecule has 3 N–H and O–H groups in total. The van der Waals surface area contributed by atoms with Gasteiger partial charge >= 0.3 is 0 Å². The zero-order chi connectivity index (χ0) is 12.5. The van der Waals surface area contributed by atoms with Crippen LogP contribution in [0.1, 0.15) is 19.3 Å². The first kappa shape index (κ1) is 11.6. The van der Waals surface area contributed by atoms with E-state index in [1.54, 1.807) is 7.11 Å². The van der Waals surface area contributed by atoms with Crippen molar-refractivity contribution in [2.75, 3.05) is 24.8 Å². The van der Waals surface area contributed by atoms with Gasteiger partial charge in [0, 0.05) is 6.61 Å². The number of nitrogens with zero attached hydrogens (tertiary/aromatic N) is 1. The summed E-state index contributed by atoms with van der Waals surface area (Å²) >= 11 is 0. The third-order valence-corrected chi connectivity index (χ3v) is 3.64. The molecule has 2 aliphatic rings. The summed E-state index contributed by atoms with van der Waals surface area (Å²) in [6.45, 7) is 0.838. The highest BCUT2D eigenvalue weighted by Crippen LogP contribution is 2.39. The average molecular weight is 249 g/mol. The summed E-state index contributed by atoms with van der Waals surface area (Å²) in [5, 5.41) is 3.44. The van der Waals surface area contributed by atoms with Crippen LogP contribution in [0.25, 0.3) is 0 Å². The molecule has 1 saturated heterocycles. The molecule has 1 aromatic rings. The van der Waals surface area contributed by atoms with Crippen LogP contribution < -0.4 is 15.8 Å². The van der Waals surface area contributed by atoms with E-state index in [1.165, 1.54) is 12.8 Å². The van der Waals surface area contributed by atoms with Crippen LogP contribution in [0.15, 0.2) is 12.1 Å². The van der Waals surface area contributed by atoms with Gasteiger partial charge < -0.3 is 20.5 Å². The highest BCUT2D eigenvalue weighted by atomic mass is 16.5. The summed E-state index contributed by atoms with van der Waals surface area (Å²) in [6, 6.07) is 4.06. The van der Waals surface area contributed by atoms with Crippen molar-refractivity contribution in [3.05, 3.63) is 12.1 Å². The highest BCUT2D eigenvalue weighted by Gasteiger charge is 2.40. The molecule has 5 nitrogen and oxygen atoms in total. The molecule has 1 aromatic heterocycles. The molecule has 0 spiro atoms. The number of nitrogens with two attached hydrogens (primary N) is 1. The largest absolute Gasteiger partial charge is 0.479 e. The summed E-state index contributed by atoms with van der Waals surface area (Å²) in [4.78, 5) is 4.35. The smallest absolute Gasteiger partial charge is 0.238 e. The van der Waals surface area contributed by atoms with Gasteiger partial charge in [-0.3, -0.25) is 0 Å². The number of aromatic nitrogens is 1. The number of rotatable bonds is 4. The van der Waals surface area contributed by atoms with E-state index in [0.29, 0.717) is 23.7 Å². The van der Waals surface area contributed by atoms with Gasteiger partial charge in [-0.25, -0.2) is 0 Å². The highest BCUT2D eigenvalue weighted by molar-refractivity contribution is 5.53. The Morgan fingerprint density at radius 3 is 2.94 bits per heavy atom. The van der Waals surface area contributed by atoms with E-state index in [0.717, 1.165) is 24.8 Å². The molecule has 3 rings (SSSR count). The second-order valence-corrected chi connectivity index (χ2v) is 5.01. The lowest BCUT2D eigenvalue weighted by molar-refractivity contribution is 0.0898. The molecule has 0 aromatic carbocycles. The van der Waals surface area contributed by atoms with Crippen molar-refractivity contribution >= 4 is 11.5 Å². The first-order valence-corrected chi connectivity index (χ1v) is 6.46. The Morgan fingerprint density at radius 2 is 2.22 bits per heavy atom. The Kier molecular flexibility index (Phi) is 2.99. The lowest BCUT2D eigenvalue weighted by Crippen LogP contribution is -2.31. The van der Waals surface area contributed by atoms with Crippen LogP contribution in [0.4, 0.5) is 11.5 Å². The maximum atomic E-state index is 5.80. The fourth-order valence-corrected chi connectivity index (χ4v) is 2.54. The second kappa shape index (κ2) is 4.65. The van der Waals surface area contributed by atoms with Crippen LogP contribution in [-0.4, -0.2) is 30.8 Å². The number of nitrogen functional groups attached to an aromatic ring is 1. The van der Waals surface area contributed by atoms with Crippen LogP contribution in [0.3, 0.4) is 0 Å². The van der Waals surface area contributed by atoms with Crippen molar-refractivity contribution in [1.29, 1.82) is 0 Å². The summed E-state index contributed by atoms with van der Waals surface area (Å²) in [7, 11) is 1.58. The number of methoxy groups -OCH3 is 1. The molecular weight excluding hydrogens is 230 g/mol. The number of nitrogens with one attached hydrogen (secondary N) is 1. The van der Waals surface area contributed by atoms with Gasteiger partial charge in [0.1, 0.15) is 5.82 Å². The van der Waals surface area contributed by atoms with Crippen molar-refractivity contribution in [2.45, 2.75) is 31.4 Å². The van der Waals surface area contributed by atoms with Gasteiger partial charge in [0.2, 0.25) is 5.88 Å². The molecule has 2 atom stereocenters. The van der Waals surface area contributed by atoms with Crippen molar-refractivity contribution in [1.82, 2.24) is 4.98 Å². The third-order valence-electron chi connectivity index (χ3n) is 3.64. The number of ether oxygens (including phenoxy) is 2. The van der Waals surface area contributed by atoms with Crippen molar-refractivity contribution < 1.29 is 9.47 Å². The van der Waals surface area contributed by atoms with E-state index in [-0.39, 0.29) is 0 Å². The Labute approximate surface area is 107 Å². The van der Waals surface area contributed by atoms with Gasteiger partial charge in [0.25, 0.3) is 0 Å². The topological polar surface area (TPSA) is 69.4 Å². The first-order valence-electron chi connectivity index (χ1n) is 6.46. The van der Waals surface area contributed by atoms with Crippen LogP contribution in [0.5, 0.6) is 5.88 Å². The molecule has 1 aliphatic carbocycles. The Balaban J connectivity index is 1.71. The van der Waals surface area contributed by atoms with E-state index >= 15 is 0 Å². The van der Waals surface area contributed by atoms with Gasteiger partial charge in [-0.1, -0.05) is 0 Å². The Hall–Kier alpha value is -1.49. The monoisotopic (exact) mass is 249 g/mol. The van der Waals surface area contributed by atoms with Crippen LogP contribution >= 0.6 is 0 Å². The van der Waals surface area contributed by atoms with Crippen LogP contribution in [-0.2, 0) is 4.74 Å². The average Bonchev–Trinajstić information content (AvgIpc) is 3.12. The minimum absolute atomic E-state index is 0.343. The van der Waals surface area contributed by atoms with Crippen molar-refractivity contribution in [2.24, 2.45) is 5.92 Å². The zero-order valence-electron chi connectivity index (χ0n) is 10.6. The quantitative estimate of drug-likeness (QED) is 0.849. The molecule has 2 heterocycles. The predicted molar refractivity (Wildman–Crippen MR) is 69.7 cm³/mol. The minimum Gasteiger partial charge on any atom is -0.479 e. The molecule has 2 fully saturated rings. The molecule has 1 aliphatic heterocycles. The van der Waals surface area contributed by atoms with E-state index in [9.17, 15) is 0 Å². The zero-order valence-corrected chi connectivity index (χ0v) is 10.6. The lowest BCUT2D eigenvalue weighted by Gasteiger charge is -2.20. The number of hydrogen-bond acceptors (Lipinski definition) is 5. The maximum absolute atomic E-state index is 5.80. The first-order chi connectivity index (χ1) is 8.78. The van der Waals surface area contributed by atoms with Crippen molar-refractivity contribution in [3.63, 3.8) is 0 Å². The molecule has 18 heavy (non-hydrogen) atoms. The molecule has 0 radical (unpaired) electrons. The fourth-order valence-electron chi connectivity index (χ4n) is 2.54. The summed E-state index contributed by atoms with van der Waals surface area (Å²) in [6.07, 6.45) is 3.97. The van der Waals surface area contributed by atoms with Gasteiger partial charge in [-0.05, 0) is 37.3 Å². The molecule has 2 unspecified atom stereocenters. The van der Waals surface area contributed by atoms with Gasteiger partial charge in [0.15, 0.2) is 0 Å². The second-order valence-electron chi connectivity index (χ2n) is 5.01. The number of anilines is 2. The molecule has 0 amide bonds. The van der Waals surface area contributed by atoms with Gasteiger partial charge in [-0.2, -0.15) is 4.98 Å². The normalized spacial score (nSPS) is 27.2.